The molecule has 0 fully saturated rings. The molecule has 1 amide bonds. The Morgan fingerprint density at radius 3 is 2.38 bits per heavy atom. The summed E-state index contributed by atoms with van der Waals surface area (Å²) in [5.41, 5.74) is 0.603. The predicted molar refractivity (Wildman–Crippen MR) is 122 cm³/mol. The van der Waals surface area contributed by atoms with Crippen LogP contribution in [0.25, 0.3) is 10.4 Å². The smallest absolute Gasteiger partial charge is 0.341 e. The highest BCUT2D eigenvalue weighted by molar-refractivity contribution is 7.89. The molecule has 0 aliphatic carbocycles. The number of hydrogen-bond acceptors (Lipinski definition) is 8. The summed E-state index contributed by atoms with van der Waals surface area (Å²) in [6, 6.07) is 12.0. The summed E-state index contributed by atoms with van der Waals surface area (Å²) in [6.45, 7) is 1.04. The van der Waals surface area contributed by atoms with E-state index in [0.717, 1.165) is 17.4 Å². The van der Waals surface area contributed by atoms with Crippen LogP contribution in [0.3, 0.4) is 0 Å². The predicted octanol–water partition coefficient (Wildman–Crippen LogP) is 3.17. The minimum Gasteiger partial charge on any atom is -0.462 e. The van der Waals surface area contributed by atoms with Gasteiger partial charge in [-0.1, -0.05) is 18.2 Å². The van der Waals surface area contributed by atoms with Crippen LogP contribution in [-0.4, -0.2) is 39.5 Å². The summed E-state index contributed by atoms with van der Waals surface area (Å²) in [5, 5.41) is 7.71. The zero-order valence-electron chi connectivity index (χ0n) is 17.7. The summed E-state index contributed by atoms with van der Waals surface area (Å²) in [4.78, 5) is 37.3. The van der Waals surface area contributed by atoms with Crippen LogP contribution in [0, 0.1) is 5.82 Å². The Kier molecular flexibility index (Phi) is 7.76. The number of anilines is 1. The molecule has 0 aliphatic heterocycles. The SMILES string of the molecule is CCOC(=O)c1cc(-c2ccc(F)cc2)sc1NC(=O)COC(=O)c1cccc(S(N)(=O)=O)c1. The van der Waals surface area contributed by atoms with Gasteiger partial charge in [-0.15, -0.1) is 11.3 Å². The van der Waals surface area contributed by atoms with E-state index in [1.54, 1.807) is 6.92 Å². The zero-order valence-corrected chi connectivity index (χ0v) is 19.4. The van der Waals surface area contributed by atoms with Crippen LogP contribution >= 0.6 is 11.3 Å². The number of rotatable bonds is 8. The quantitative estimate of drug-likeness (QED) is 0.447. The number of benzene rings is 2. The lowest BCUT2D eigenvalue weighted by Gasteiger charge is -2.08. The maximum Gasteiger partial charge on any atom is 0.341 e. The monoisotopic (exact) mass is 506 g/mol. The average molecular weight is 507 g/mol. The van der Waals surface area contributed by atoms with Crippen LogP contribution in [0.15, 0.2) is 59.5 Å². The maximum atomic E-state index is 13.2. The third-order valence-corrected chi connectivity index (χ3v) is 6.35. The molecule has 0 saturated carbocycles. The van der Waals surface area contributed by atoms with E-state index >= 15 is 0 Å². The Hall–Kier alpha value is -3.61. The molecule has 2 aromatic carbocycles. The molecule has 0 spiro atoms. The second-order valence-corrected chi connectivity index (χ2v) is 9.39. The van der Waals surface area contributed by atoms with Crippen molar-refractivity contribution >= 4 is 44.2 Å². The van der Waals surface area contributed by atoms with Crippen LogP contribution in [0.4, 0.5) is 9.39 Å². The number of nitrogens with one attached hydrogen (secondary N) is 1. The fourth-order valence-corrected chi connectivity index (χ4v) is 4.41. The minimum absolute atomic E-state index is 0.0895. The van der Waals surface area contributed by atoms with Crippen molar-refractivity contribution in [3.8, 4) is 10.4 Å². The van der Waals surface area contributed by atoms with Gasteiger partial charge < -0.3 is 14.8 Å². The number of carbonyl (C=O) groups excluding carboxylic acids is 3. The van der Waals surface area contributed by atoms with E-state index in [-0.39, 0.29) is 27.6 Å². The lowest BCUT2D eigenvalue weighted by molar-refractivity contribution is -0.119. The normalized spacial score (nSPS) is 11.0. The number of primary sulfonamides is 1. The highest BCUT2D eigenvalue weighted by Crippen LogP contribution is 2.36. The van der Waals surface area contributed by atoms with Crippen LogP contribution in [0.5, 0.6) is 0 Å². The van der Waals surface area contributed by atoms with Gasteiger partial charge in [-0.3, -0.25) is 4.79 Å². The van der Waals surface area contributed by atoms with E-state index in [0.29, 0.717) is 10.4 Å². The first-order chi connectivity index (χ1) is 16.1. The molecule has 0 radical (unpaired) electrons. The summed E-state index contributed by atoms with van der Waals surface area (Å²) in [5.74, 6) is -2.77. The van der Waals surface area contributed by atoms with Crippen molar-refractivity contribution in [1.29, 1.82) is 0 Å². The van der Waals surface area contributed by atoms with Crippen LogP contribution in [0.1, 0.15) is 27.6 Å². The van der Waals surface area contributed by atoms with Crippen molar-refractivity contribution in [2.45, 2.75) is 11.8 Å². The van der Waals surface area contributed by atoms with Gasteiger partial charge >= 0.3 is 11.9 Å². The first kappa shape index (κ1) is 25.0. The number of esters is 2. The molecule has 0 aliphatic rings. The number of ether oxygens (including phenoxy) is 2. The highest BCUT2D eigenvalue weighted by atomic mass is 32.2. The molecule has 178 valence electrons. The van der Waals surface area contributed by atoms with Gasteiger partial charge in [0.25, 0.3) is 5.91 Å². The maximum absolute atomic E-state index is 13.2. The fourth-order valence-electron chi connectivity index (χ4n) is 2.78. The number of carbonyl (C=O) groups is 3. The average Bonchev–Trinajstić information content (AvgIpc) is 3.21. The molecule has 0 atom stereocenters. The summed E-state index contributed by atoms with van der Waals surface area (Å²) in [6.07, 6.45) is 0. The molecule has 0 saturated heterocycles. The standard InChI is InChI=1S/C22H19FN2O7S2/c1-2-31-22(28)17-11-18(13-6-8-15(23)9-7-13)33-20(17)25-19(26)12-32-21(27)14-4-3-5-16(10-14)34(24,29)30/h3-11H,2,12H2,1H3,(H,25,26)(H2,24,29,30). The Labute approximate surface area is 198 Å². The molecule has 0 unspecified atom stereocenters. The topological polar surface area (TPSA) is 142 Å². The summed E-state index contributed by atoms with van der Waals surface area (Å²) >= 11 is 1.06. The van der Waals surface area contributed by atoms with E-state index in [2.05, 4.69) is 5.32 Å². The number of sulfonamides is 1. The molecular weight excluding hydrogens is 487 g/mol. The third-order valence-electron chi connectivity index (χ3n) is 4.34. The molecule has 3 aromatic rings. The Morgan fingerprint density at radius 2 is 1.74 bits per heavy atom. The van der Waals surface area contributed by atoms with Gasteiger partial charge in [0, 0.05) is 4.88 Å². The molecule has 1 heterocycles. The number of amides is 1. The van der Waals surface area contributed by atoms with Crippen LogP contribution < -0.4 is 10.5 Å². The number of thiophene rings is 1. The molecule has 3 rings (SSSR count). The lowest BCUT2D eigenvalue weighted by atomic mass is 10.1. The van der Waals surface area contributed by atoms with Crippen molar-refractivity contribution in [2.75, 3.05) is 18.5 Å². The van der Waals surface area contributed by atoms with Gasteiger partial charge in [0.05, 0.1) is 22.6 Å². The number of hydrogen-bond donors (Lipinski definition) is 2. The zero-order chi connectivity index (χ0) is 24.9. The van der Waals surface area contributed by atoms with E-state index in [1.165, 1.54) is 48.5 Å². The molecule has 34 heavy (non-hydrogen) atoms. The van der Waals surface area contributed by atoms with Crippen molar-refractivity contribution in [2.24, 2.45) is 5.14 Å². The first-order valence-electron chi connectivity index (χ1n) is 9.75. The van der Waals surface area contributed by atoms with Gasteiger partial charge in [0.2, 0.25) is 10.0 Å². The third kappa shape index (κ3) is 6.25. The second kappa shape index (κ2) is 10.5. The van der Waals surface area contributed by atoms with Crippen molar-refractivity contribution < 1.29 is 36.7 Å². The van der Waals surface area contributed by atoms with Crippen molar-refractivity contribution in [3.63, 3.8) is 0 Å². The lowest BCUT2D eigenvalue weighted by Crippen LogP contribution is -2.22. The van der Waals surface area contributed by atoms with Crippen LogP contribution in [-0.2, 0) is 24.3 Å². The number of nitrogens with two attached hydrogens (primary N) is 1. The molecule has 12 heteroatoms. The van der Waals surface area contributed by atoms with Crippen molar-refractivity contribution in [3.05, 3.63) is 71.5 Å². The Morgan fingerprint density at radius 1 is 1.03 bits per heavy atom. The van der Waals surface area contributed by atoms with Gasteiger partial charge in [0.15, 0.2) is 6.61 Å². The molecule has 0 bridgehead atoms. The fraction of sp³-hybridized carbons (Fsp3) is 0.136. The molecular formula is C22H19FN2O7S2. The number of halogens is 1. The van der Waals surface area contributed by atoms with Gasteiger partial charge in [-0.25, -0.2) is 27.5 Å². The summed E-state index contributed by atoms with van der Waals surface area (Å²) in [7, 11) is -4.02. The second-order valence-electron chi connectivity index (χ2n) is 6.78. The molecule has 3 N–H and O–H groups in total. The Balaban J connectivity index is 1.74. The van der Waals surface area contributed by atoms with E-state index in [1.807, 2.05) is 0 Å². The highest BCUT2D eigenvalue weighted by Gasteiger charge is 2.21. The molecule has 9 nitrogen and oxygen atoms in total. The van der Waals surface area contributed by atoms with Gasteiger partial charge in [0.1, 0.15) is 10.8 Å². The Bertz CT molecular complexity index is 1340. The van der Waals surface area contributed by atoms with E-state index in [9.17, 15) is 27.2 Å². The van der Waals surface area contributed by atoms with Gasteiger partial charge in [-0.05, 0) is 48.9 Å². The molecule has 1 aromatic heterocycles. The van der Waals surface area contributed by atoms with Crippen LogP contribution in [0.2, 0.25) is 0 Å². The summed E-state index contributed by atoms with van der Waals surface area (Å²) < 4.78 is 46.1. The largest absolute Gasteiger partial charge is 0.462 e. The van der Waals surface area contributed by atoms with E-state index in [4.69, 9.17) is 14.6 Å². The van der Waals surface area contributed by atoms with Gasteiger partial charge in [-0.2, -0.15) is 0 Å². The minimum atomic E-state index is -4.02. The van der Waals surface area contributed by atoms with Crippen molar-refractivity contribution in [1.82, 2.24) is 0 Å². The first-order valence-corrected chi connectivity index (χ1v) is 12.1. The van der Waals surface area contributed by atoms with E-state index < -0.39 is 40.3 Å².